The fourth-order valence-corrected chi connectivity index (χ4v) is 1.68. The Balaban J connectivity index is 2.08. The lowest BCUT2D eigenvalue weighted by Crippen LogP contribution is -2.03. The van der Waals surface area contributed by atoms with Gasteiger partial charge in [0.25, 0.3) is 0 Å². The molecule has 2 aromatic rings. The predicted octanol–water partition coefficient (Wildman–Crippen LogP) is 2.55. The first-order valence-corrected chi connectivity index (χ1v) is 6.01. The number of aliphatic carboxylic acids is 1. The summed E-state index contributed by atoms with van der Waals surface area (Å²) in [6.45, 7) is 2.02. The number of hydrogen-bond donors (Lipinski definition) is 2. The van der Waals surface area contributed by atoms with Crippen LogP contribution in [-0.2, 0) is 11.2 Å². The molecule has 2 N–H and O–H groups in total. The molecule has 0 amide bonds. The normalized spacial score (nSPS) is 10.2. The third-order valence-corrected chi connectivity index (χ3v) is 2.56. The summed E-state index contributed by atoms with van der Waals surface area (Å²) in [7, 11) is 0. The number of aryl methyl sites for hydroxylation is 2. The lowest BCUT2D eigenvalue weighted by Gasteiger charge is -2.07. The van der Waals surface area contributed by atoms with Crippen molar-refractivity contribution in [2.75, 3.05) is 5.32 Å². The minimum Gasteiger partial charge on any atom is -0.481 e. The number of hydrogen-bond acceptors (Lipinski definition) is 4. The van der Waals surface area contributed by atoms with Gasteiger partial charge in [-0.3, -0.25) is 4.79 Å². The molecule has 0 radical (unpaired) electrons. The van der Waals surface area contributed by atoms with Gasteiger partial charge in [0.2, 0.25) is 0 Å². The maximum atomic E-state index is 10.5. The van der Waals surface area contributed by atoms with Gasteiger partial charge >= 0.3 is 5.97 Å². The molecule has 0 fully saturated rings. The van der Waals surface area contributed by atoms with Crippen molar-refractivity contribution in [2.24, 2.45) is 0 Å². The van der Waals surface area contributed by atoms with Gasteiger partial charge in [-0.15, -0.1) is 0 Å². The van der Waals surface area contributed by atoms with Crippen LogP contribution < -0.4 is 5.32 Å². The molecule has 5 nitrogen and oxygen atoms in total. The standard InChI is InChI=1S/C14H15N3O2/c1-10-3-2-4-11(9-10)16-13-7-8-15-12(17-13)5-6-14(18)19/h2-4,7-9H,5-6H2,1H3,(H,18,19)(H,15,16,17). The third-order valence-electron chi connectivity index (χ3n) is 2.56. The minimum absolute atomic E-state index is 0.0356. The lowest BCUT2D eigenvalue weighted by atomic mass is 10.2. The van der Waals surface area contributed by atoms with Crippen molar-refractivity contribution in [2.45, 2.75) is 19.8 Å². The van der Waals surface area contributed by atoms with Crippen molar-refractivity contribution >= 4 is 17.5 Å². The maximum Gasteiger partial charge on any atom is 0.303 e. The molecular weight excluding hydrogens is 242 g/mol. The Morgan fingerprint density at radius 2 is 2.21 bits per heavy atom. The van der Waals surface area contributed by atoms with Crippen LogP contribution >= 0.6 is 0 Å². The van der Waals surface area contributed by atoms with Gasteiger partial charge in [-0.2, -0.15) is 0 Å². The van der Waals surface area contributed by atoms with Crippen molar-refractivity contribution in [3.05, 3.63) is 47.9 Å². The Bertz CT molecular complexity index is 584. The highest BCUT2D eigenvalue weighted by Crippen LogP contribution is 2.15. The zero-order valence-electron chi connectivity index (χ0n) is 10.6. The number of rotatable bonds is 5. The fourth-order valence-electron chi connectivity index (χ4n) is 1.68. The van der Waals surface area contributed by atoms with Crippen LogP contribution in [0.5, 0.6) is 0 Å². The number of aromatic nitrogens is 2. The first kappa shape index (κ1) is 13.0. The summed E-state index contributed by atoms with van der Waals surface area (Å²) in [5.41, 5.74) is 2.10. The summed E-state index contributed by atoms with van der Waals surface area (Å²) in [6.07, 6.45) is 1.99. The molecule has 0 unspecified atom stereocenters. The average Bonchev–Trinajstić information content (AvgIpc) is 2.37. The first-order valence-electron chi connectivity index (χ1n) is 6.01. The summed E-state index contributed by atoms with van der Waals surface area (Å²) < 4.78 is 0. The van der Waals surface area contributed by atoms with Crippen molar-refractivity contribution in [3.8, 4) is 0 Å². The number of benzene rings is 1. The van der Waals surface area contributed by atoms with Crippen molar-refractivity contribution in [1.29, 1.82) is 0 Å². The van der Waals surface area contributed by atoms with E-state index in [9.17, 15) is 4.79 Å². The summed E-state index contributed by atoms with van der Waals surface area (Å²) >= 11 is 0. The molecule has 1 aromatic heterocycles. The van der Waals surface area contributed by atoms with Crippen LogP contribution in [-0.4, -0.2) is 21.0 Å². The van der Waals surface area contributed by atoms with E-state index in [0.29, 0.717) is 18.1 Å². The average molecular weight is 257 g/mol. The van der Waals surface area contributed by atoms with Crippen LogP contribution in [0.25, 0.3) is 0 Å². The van der Waals surface area contributed by atoms with Gasteiger partial charge in [0.05, 0.1) is 6.42 Å². The third kappa shape index (κ3) is 4.06. The van der Waals surface area contributed by atoms with Gasteiger partial charge in [0.15, 0.2) is 0 Å². The Morgan fingerprint density at radius 3 is 2.95 bits per heavy atom. The Morgan fingerprint density at radius 1 is 1.37 bits per heavy atom. The predicted molar refractivity (Wildman–Crippen MR) is 72.5 cm³/mol. The molecule has 0 bridgehead atoms. The quantitative estimate of drug-likeness (QED) is 0.861. The summed E-state index contributed by atoms with van der Waals surface area (Å²) in [6, 6.07) is 9.70. The van der Waals surface area contributed by atoms with E-state index in [4.69, 9.17) is 5.11 Å². The highest BCUT2D eigenvalue weighted by Gasteiger charge is 2.03. The second kappa shape index (κ2) is 5.95. The molecular formula is C14H15N3O2. The van der Waals surface area contributed by atoms with Crippen molar-refractivity contribution in [1.82, 2.24) is 9.97 Å². The Kier molecular flexibility index (Phi) is 4.07. The Hall–Kier alpha value is -2.43. The van der Waals surface area contributed by atoms with Gasteiger partial charge in [-0.25, -0.2) is 9.97 Å². The smallest absolute Gasteiger partial charge is 0.303 e. The second-order valence-electron chi connectivity index (χ2n) is 4.25. The van der Waals surface area contributed by atoms with E-state index in [0.717, 1.165) is 11.3 Å². The summed E-state index contributed by atoms with van der Waals surface area (Å²) in [5, 5.41) is 11.8. The number of carboxylic acid groups (broad SMARTS) is 1. The highest BCUT2D eigenvalue weighted by molar-refractivity contribution is 5.66. The molecule has 19 heavy (non-hydrogen) atoms. The number of anilines is 2. The molecule has 1 aromatic carbocycles. The van der Waals surface area contributed by atoms with Crippen molar-refractivity contribution < 1.29 is 9.90 Å². The second-order valence-corrected chi connectivity index (χ2v) is 4.25. The van der Waals surface area contributed by atoms with E-state index in [1.807, 2.05) is 31.2 Å². The van der Waals surface area contributed by atoms with Gasteiger partial charge in [-0.05, 0) is 30.7 Å². The largest absolute Gasteiger partial charge is 0.481 e. The summed E-state index contributed by atoms with van der Waals surface area (Å²) in [4.78, 5) is 18.9. The van der Waals surface area contributed by atoms with E-state index < -0.39 is 5.97 Å². The topological polar surface area (TPSA) is 75.1 Å². The Labute approximate surface area is 111 Å². The molecule has 2 rings (SSSR count). The molecule has 98 valence electrons. The van der Waals surface area contributed by atoms with Gasteiger partial charge in [-0.1, -0.05) is 12.1 Å². The number of carboxylic acids is 1. The van der Waals surface area contributed by atoms with Crippen molar-refractivity contribution in [3.63, 3.8) is 0 Å². The molecule has 0 spiro atoms. The highest BCUT2D eigenvalue weighted by atomic mass is 16.4. The monoisotopic (exact) mass is 257 g/mol. The van der Waals surface area contributed by atoms with Crippen LogP contribution in [0.4, 0.5) is 11.5 Å². The van der Waals surface area contributed by atoms with E-state index in [1.165, 1.54) is 0 Å². The van der Waals surface area contributed by atoms with E-state index in [1.54, 1.807) is 12.3 Å². The molecule has 0 saturated carbocycles. The van der Waals surface area contributed by atoms with Crippen LogP contribution in [0, 0.1) is 6.92 Å². The molecule has 0 saturated heterocycles. The minimum atomic E-state index is -0.847. The molecule has 5 heteroatoms. The maximum absolute atomic E-state index is 10.5. The molecule has 0 aliphatic carbocycles. The van der Waals surface area contributed by atoms with Crippen LogP contribution in [0.1, 0.15) is 17.8 Å². The van der Waals surface area contributed by atoms with Gasteiger partial charge in [0, 0.05) is 18.3 Å². The molecule has 1 heterocycles. The van der Waals surface area contributed by atoms with E-state index in [-0.39, 0.29) is 6.42 Å². The van der Waals surface area contributed by atoms with Crippen LogP contribution in [0.2, 0.25) is 0 Å². The van der Waals surface area contributed by atoms with Crippen LogP contribution in [0.3, 0.4) is 0 Å². The summed E-state index contributed by atoms with van der Waals surface area (Å²) in [5.74, 6) is 0.349. The van der Waals surface area contributed by atoms with E-state index >= 15 is 0 Å². The van der Waals surface area contributed by atoms with Crippen LogP contribution in [0.15, 0.2) is 36.5 Å². The number of nitrogens with one attached hydrogen (secondary N) is 1. The SMILES string of the molecule is Cc1cccc(Nc2ccnc(CCC(=O)O)n2)c1. The number of nitrogens with zero attached hydrogens (tertiary/aromatic N) is 2. The molecule has 0 atom stereocenters. The molecule has 0 aliphatic heterocycles. The fraction of sp³-hybridized carbons (Fsp3) is 0.214. The zero-order valence-corrected chi connectivity index (χ0v) is 10.6. The number of carbonyl (C=O) groups is 1. The first-order chi connectivity index (χ1) is 9.13. The molecule has 0 aliphatic rings. The van der Waals surface area contributed by atoms with Gasteiger partial charge in [0.1, 0.15) is 11.6 Å². The van der Waals surface area contributed by atoms with E-state index in [2.05, 4.69) is 15.3 Å². The lowest BCUT2D eigenvalue weighted by molar-refractivity contribution is -0.137. The zero-order chi connectivity index (χ0) is 13.7. The van der Waals surface area contributed by atoms with Gasteiger partial charge < -0.3 is 10.4 Å².